The number of likely N-dealkylation sites (tertiary alicyclic amines) is 1. The minimum absolute atomic E-state index is 0.00259. The van der Waals surface area contributed by atoms with Gasteiger partial charge in [0, 0.05) is 51.3 Å². The summed E-state index contributed by atoms with van der Waals surface area (Å²) in [6, 6.07) is 7.53. The largest absolute Gasteiger partial charge is 0.489 e. The lowest BCUT2D eigenvalue weighted by Gasteiger charge is -2.39. The third kappa shape index (κ3) is 7.54. The van der Waals surface area contributed by atoms with E-state index in [2.05, 4.69) is 16.3 Å². The quantitative estimate of drug-likeness (QED) is 0.561. The molecule has 2 atom stereocenters. The average molecular weight is 554 g/mol. The molecule has 1 aromatic rings. The van der Waals surface area contributed by atoms with Crippen molar-refractivity contribution >= 4 is 17.8 Å². The molecule has 4 aliphatic rings. The summed E-state index contributed by atoms with van der Waals surface area (Å²) in [4.78, 5) is 47.6. The van der Waals surface area contributed by atoms with Crippen LogP contribution in [0.1, 0.15) is 31.2 Å². The first-order chi connectivity index (χ1) is 19.6. The topological polar surface area (TPSA) is 94.7 Å². The van der Waals surface area contributed by atoms with Crippen molar-refractivity contribution in [2.45, 2.75) is 32.2 Å². The van der Waals surface area contributed by atoms with Gasteiger partial charge in [0.1, 0.15) is 18.9 Å². The summed E-state index contributed by atoms with van der Waals surface area (Å²) in [6.45, 7) is 7.65. The maximum Gasteiger partial charge on any atom is 0.320 e. The van der Waals surface area contributed by atoms with Crippen LogP contribution in [-0.4, -0.2) is 116 Å². The van der Waals surface area contributed by atoms with Gasteiger partial charge in [-0.25, -0.2) is 4.79 Å². The van der Waals surface area contributed by atoms with Gasteiger partial charge in [-0.05, 0) is 50.3 Å². The van der Waals surface area contributed by atoms with E-state index in [9.17, 15) is 14.4 Å². The van der Waals surface area contributed by atoms with E-state index >= 15 is 0 Å². The highest BCUT2D eigenvalue weighted by atomic mass is 16.5. The Balaban J connectivity index is 1.27. The van der Waals surface area contributed by atoms with Gasteiger partial charge in [0.2, 0.25) is 11.8 Å². The molecule has 1 aromatic carbocycles. The molecule has 40 heavy (non-hydrogen) atoms. The highest BCUT2D eigenvalue weighted by Gasteiger charge is 2.34. The van der Waals surface area contributed by atoms with E-state index in [1.807, 2.05) is 35.2 Å². The Morgan fingerprint density at radius 1 is 0.975 bits per heavy atom. The third-order valence-corrected chi connectivity index (χ3v) is 8.49. The van der Waals surface area contributed by atoms with Crippen LogP contribution in [0.5, 0.6) is 5.75 Å². The number of carbonyl (C=O) groups excluding carboxylic acids is 3. The molecule has 5 rings (SSSR count). The third-order valence-electron chi connectivity index (χ3n) is 8.49. The van der Waals surface area contributed by atoms with Crippen LogP contribution in [-0.2, 0) is 20.9 Å². The molecule has 0 aliphatic carbocycles. The summed E-state index contributed by atoms with van der Waals surface area (Å²) in [7, 11) is 0. The van der Waals surface area contributed by atoms with Crippen molar-refractivity contribution in [2.24, 2.45) is 11.8 Å². The van der Waals surface area contributed by atoms with Crippen LogP contribution in [0.4, 0.5) is 4.79 Å². The molecule has 3 saturated heterocycles. The predicted octanol–water partition coefficient (Wildman–Crippen LogP) is 1.96. The van der Waals surface area contributed by atoms with Gasteiger partial charge in [0.15, 0.2) is 0 Å². The van der Waals surface area contributed by atoms with Crippen molar-refractivity contribution in [3.63, 3.8) is 0 Å². The van der Waals surface area contributed by atoms with E-state index in [0.717, 1.165) is 31.6 Å². The number of nitrogens with zero attached hydrogens (tertiary/aromatic N) is 4. The number of rotatable bonds is 5. The number of carbonyl (C=O) groups is 3. The highest BCUT2D eigenvalue weighted by Crippen LogP contribution is 2.29. The van der Waals surface area contributed by atoms with E-state index < -0.39 is 0 Å². The lowest BCUT2D eigenvalue weighted by Crippen LogP contribution is -2.52. The molecular formula is C30H43N5O5. The molecule has 4 heterocycles. The van der Waals surface area contributed by atoms with Crippen LogP contribution in [0.25, 0.3) is 0 Å². The smallest absolute Gasteiger partial charge is 0.320 e. The van der Waals surface area contributed by atoms with Crippen molar-refractivity contribution in [3.8, 4) is 5.75 Å². The second-order valence-electron chi connectivity index (χ2n) is 11.2. The Kier molecular flexibility index (Phi) is 9.94. The van der Waals surface area contributed by atoms with Crippen LogP contribution in [0.2, 0.25) is 0 Å². The van der Waals surface area contributed by atoms with Gasteiger partial charge >= 0.3 is 6.03 Å². The van der Waals surface area contributed by atoms with E-state index in [1.54, 1.807) is 9.80 Å². The number of hydrogen-bond donors (Lipinski definition) is 1. The zero-order valence-corrected chi connectivity index (χ0v) is 23.5. The van der Waals surface area contributed by atoms with Crippen LogP contribution in [0.15, 0.2) is 36.4 Å². The van der Waals surface area contributed by atoms with Crippen molar-refractivity contribution in [1.29, 1.82) is 0 Å². The van der Waals surface area contributed by atoms with Crippen molar-refractivity contribution in [1.82, 2.24) is 24.9 Å². The molecule has 0 saturated carbocycles. The highest BCUT2D eigenvalue weighted by molar-refractivity contribution is 5.84. The number of ether oxygens (including phenoxy) is 2. The Morgan fingerprint density at radius 2 is 1.77 bits per heavy atom. The van der Waals surface area contributed by atoms with E-state index in [-0.39, 0.29) is 36.2 Å². The Labute approximate surface area is 237 Å². The molecule has 218 valence electrons. The number of piperidine rings is 1. The SMILES string of the molecule is O=C(C[C@@H]1CCN2C[C@@H]1/C=C\COc1ccccc1CN(C(=O)N1CCOCC1)CC2=O)NCCN1CCCC1. The molecule has 0 aromatic heterocycles. The van der Waals surface area contributed by atoms with Gasteiger partial charge in [-0.15, -0.1) is 0 Å². The van der Waals surface area contributed by atoms with Gasteiger partial charge in [0.05, 0.1) is 19.8 Å². The number of para-hydroxylation sites is 1. The monoisotopic (exact) mass is 553 g/mol. The minimum Gasteiger partial charge on any atom is -0.489 e. The van der Waals surface area contributed by atoms with Gasteiger partial charge in [0.25, 0.3) is 0 Å². The van der Waals surface area contributed by atoms with Gasteiger partial charge in [-0.3, -0.25) is 9.59 Å². The van der Waals surface area contributed by atoms with Crippen LogP contribution in [0, 0.1) is 11.8 Å². The van der Waals surface area contributed by atoms with Crippen LogP contribution < -0.4 is 10.1 Å². The van der Waals surface area contributed by atoms with Crippen LogP contribution >= 0.6 is 0 Å². The first-order valence-corrected chi connectivity index (χ1v) is 14.8. The minimum atomic E-state index is -0.156. The molecule has 10 nitrogen and oxygen atoms in total. The van der Waals surface area contributed by atoms with Crippen molar-refractivity contribution in [2.75, 3.05) is 78.7 Å². The molecule has 2 bridgehead atoms. The first kappa shape index (κ1) is 28.4. The van der Waals surface area contributed by atoms with Gasteiger partial charge < -0.3 is 34.4 Å². The molecule has 10 heteroatoms. The lowest BCUT2D eigenvalue weighted by molar-refractivity contribution is -0.134. The predicted molar refractivity (Wildman–Crippen MR) is 151 cm³/mol. The summed E-state index contributed by atoms with van der Waals surface area (Å²) in [5, 5.41) is 3.11. The van der Waals surface area contributed by atoms with E-state index in [4.69, 9.17) is 9.47 Å². The average Bonchev–Trinajstić information content (AvgIpc) is 3.49. The van der Waals surface area contributed by atoms with Crippen molar-refractivity contribution in [3.05, 3.63) is 42.0 Å². The fourth-order valence-electron chi connectivity index (χ4n) is 6.16. The summed E-state index contributed by atoms with van der Waals surface area (Å²) >= 11 is 0. The zero-order valence-electron chi connectivity index (χ0n) is 23.5. The summed E-state index contributed by atoms with van der Waals surface area (Å²) in [6.07, 6.45) is 7.80. The number of fused-ring (bicyclic) bond motifs is 3. The standard InChI is InChI=1S/C30H43N5O5/c36-28(31-10-14-32-11-3-4-12-32)20-24-9-13-34-21-25(24)7-5-17-40-27-8-2-1-6-26(27)22-35(23-29(34)37)30(38)33-15-18-39-19-16-33/h1-2,5-8,24-25H,3-4,9-23H2,(H,31,36)/b7-5-/t24-,25-/m0/s1. The molecule has 0 spiro atoms. The summed E-state index contributed by atoms with van der Waals surface area (Å²) in [5.74, 6) is 0.912. The fraction of sp³-hybridized carbons (Fsp3) is 0.633. The van der Waals surface area contributed by atoms with Gasteiger partial charge in [-0.1, -0.05) is 30.4 Å². The Bertz CT molecular complexity index is 1050. The van der Waals surface area contributed by atoms with Crippen molar-refractivity contribution < 1.29 is 23.9 Å². The van der Waals surface area contributed by atoms with Crippen LogP contribution in [0.3, 0.4) is 0 Å². The number of hydrogen-bond acceptors (Lipinski definition) is 6. The number of amides is 4. The van der Waals surface area contributed by atoms with Gasteiger partial charge in [-0.2, -0.15) is 0 Å². The zero-order chi connectivity index (χ0) is 27.7. The Hall–Kier alpha value is -3.11. The molecule has 3 fully saturated rings. The molecular weight excluding hydrogens is 510 g/mol. The Morgan fingerprint density at radius 3 is 2.60 bits per heavy atom. The second kappa shape index (κ2) is 14.0. The maximum absolute atomic E-state index is 13.6. The normalized spacial score (nSPS) is 25.2. The van der Waals surface area contributed by atoms with E-state index in [0.29, 0.717) is 71.3 Å². The number of nitrogens with one attached hydrogen (secondary N) is 1. The lowest BCUT2D eigenvalue weighted by atomic mass is 9.82. The maximum atomic E-state index is 13.6. The number of urea groups is 1. The molecule has 0 unspecified atom stereocenters. The summed E-state index contributed by atoms with van der Waals surface area (Å²) in [5.41, 5.74) is 0.867. The molecule has 4 amide bonds. The first-order valence-electron chi connectivity index (χ1n) is 14.8. The molecule has 4 aliphatic heterocycles. The molecule has 0 radical (unpaired) electrons. The fourth-order valence-corrected chi connectivity index (χ4v) is 6.16. The summed E-state index contributed by atoms with van der Waals surface area (Å²) < 4.78 is 11.5. The number of morpholine rings is 1. The molecule has 1 N–H and O–H groups in total. The second-order valence-corrected chi connectivity index (χ2v) is 11.2. The number of benzene rings is 1. The van der Waals surface area contributed by atoms with E-state index in [1.165, 1.54) is 12.8 Å².